The highest BCUT2D eigenvalue weighted by Gasteiger charge is 2.25. The smallest absolute Gasteiger partial charge is 0.248 e. The summed E-state index contributed by atoms with van der Waals surface area (Å²) in [7, 11) is 0. The predicted molar refractivity (Wildman–Crippen MR) is 68.9 cm³/mol. The van der Waals surface area contributed by atoms with E-state index in [4.69, 9.17) is 11.6 Å². The molecule has 0 unspecified atom stereocenters. The lowest BCUT2D eigenvalue weighted by atomic mass is 10.1. The molecule has 90 valence electrons. The van der Waals surface area contributed by atoms with Gasteiger partial charge in [-0.2, -0.15) is 5.10 Å². The topological polar surface area (TPSA) is 32.7 Å². The largest absolute Gasteiger partial charge is 0.273 e. The van der Waals surface area contributed by atoms with Crippen molar-refractivity contribution in [2.45, 2.75) is 26.8 Å². The van der Waals surface area contributed by atoms with E-state index in [9.17, 15) is 4.79 Å². The molecule has 0 radical (unpaired) electrons. The van der Waals surface area contributed by atoms with Crippen LogP contribution in [0, 0.1) is 5.92 Å². The Labute approximate surface area is 106 Å². The fourth-order valence-electron chi connectivity index (χ4n) is 1.70. The van der Waals surface area contributed by atoms with Crippen LogP contribution in [0.1, 0.15) is 25.8 Å². The average molecular weight is 251 g/mol. The quantitative estimate of drug-likeness (QED) is 0.811. The van der Waals surface area contributed by atoms with Crippen molar-refractivity contribution in [1.82, 2.24) is 5.01 Å². The van der Waals surface area contributed by atoms with Gasteiger partial charge in [0.25, 0.3) is 0 Å². The van der Waals surface area contributed by atoms with Gasteiger partial charge in [0.1, 0.15) is 0 Å². The van der Waals surface area contributed by atoms with E-state index in [-0.39, 0.29) is 5.91 Å². The van der Waals surface area contributed by atoms with Crippen LogP contribution in [-0.2, 0) is 11.3 Å². The van der Waals surface area contributed by atoms with Crippen molar-refractivity contribution in [3.05, 3.63) is 34.9 Å². The highest BCUT2D eigenvalue weighted by Crippen LogP contribution is 2.18. The van der Waals surface area contributed by atoms with Crippen LogP contribution in [-0.4, -0.2) is 16.6 Å². The summed E-state index contributed by atoms with van der Waals surface area (Å²) in [4.78, 5) is 11.7. The molecule has 0 fully saturated rings. The molecular formula is C13H15ClN2O. The van der Waals surface area contributed by atoms with E-state index in [0.29, 0.717) is 23.9 Å². The Morgan fingerprint density at radius 2 is 2.00 bits per heavy atom. The molecule has 0 spiro atoms. The van der Waals surface area contributed by atoms with Crippen molar-refractivity contribution in [1.29, 1.82) is 0 Å². The van der Waals surface area contributed by atoms with E-state index in [0.717, 1.165) is 11.3 Å². The van der Waals surface area contributed by atoms with E-state index in [1.54, 1.807) is 5.01 Å². The molecule has 2 rings (SSSR count). The molecule has 1 aliphatic rings. The van der Waals surface area contributed by atoms with Crippen LogP contribution in [0.2, 0.25) is 5.02 Å². The standard InChI is InChI=1S/C13H15ClN2O/c1-9(2)12-7-13(17)16(15-12)8-10-3-5-11(14)6-4-10/h3-6,9H,7-8H2,1-2H3. The molecule has 1 amide bonds. The molecule has 0 aromatic heterocycles. The molecule has 1 heterocycles. The maximum absolute atomic E-state index is 11.7. The van der Waals surface area contributed by atoms with E-state index in [2.05, 4.69) is 18.9 Å². The Balaban J connectivity index is 2.09. The van der Waals surface area contributed by atoms with Gasteiger partial charge in [0, 0.05) is 5.02 Å². The second kappa shape index (κ2) is 4.88. The number of halogens is 1. The monoisotopic (exact) mass is 250 g/mol. The number of carbonyl (C=O) groups excluding carboxylic acids is 1. The van der Waals surface area contributed by atoms with E-state index in [1.807, 2.05) is 24.3 Å². The van der Waals surface area contributed by atoms with Gasteiger partial charge in [0.15, 0.2) is 0 Å². The third-order valence-electron chi connectivity index (χ3n) is 2.78. The minimum atomic E-state index is 0.0728. The van der Waals surface area contributed by atoms with Gasteiger partial charge in [0.2, 0.25) is 5.91 Å². The van der Waals surface area contributed by atoms with Gasteiger partial charge in [-0.3, -0.25) is 4.79 Å². The number of amides is 1. The van der Waals surface area contributed by atoms with Gasteiger partial charge >= 0.3 is 0 Å². The van der Waals surface area contributed by atoms with Crippen molar-refractivity contribution >= 4 is 23.2 Å². The van der Waals surface area contributed by atoms with Crippen molar-refractivity contribution < 1.29 is 4.79 Å². The molecule has 0 saturated carbocycles. The van der Waals surface area contributed by atoms with Crippen LogP contribution in [0.5, 0.6) is 0 Å². The zero-order valence-electron chi connectivity index (χ0n) is 9.98. The molecule has 0 saturated heterocycles. The number of hydrogen-bond donors (Lipinski definition) is 0. The molecular weight excluding hydrogens is 236 g/mol. The van der Waals surface area contributed by atoms with Crippen molar-refractivity contribution in [2.24, 2.45) is 11.0 Å². The Morgan fingerprint density at radius 1 is 1.35 bits per heavy atom. The molecule has 0 N–H and O–H groups in total. The highest BCUT2D eigenvalue weighted by atomic mass is 35.5. The van der Waals surface area contributed by atoms with Gasteiger partial charge < -0.3 is 0 Å². The first-order valence-corrected chi connectivity index (χ1v) is 6.06. The SMILES string of the molecule is CC(C)C1=NN(Cc2ccc(Cl)cc2)C(=O)C1. The fourth-order valence-corrected chi connectivity index (χ4v) is 1.82. The number of benzene rings is 1. The van der Waals surface area contributed by atoms with E-state index in [1.165, 1.54) is 0 Å². The summed E-state index contributed by atoms with van der Waals surface area (Å²) in [5, 5.41) is 6.60. The zero-order valence-corrected chi connectivity index (χ0v) is 10.7. The predicted octanol–water partition coefficient (Wildman–Crippen LogP) is 3.08. The molecule has 1 aliphatic heterocycles. The van der Waals surface area contributed by atoms with Gasteiger partial charge in [-0.05, 0) is 23.6 Å². The minimum Gasteiger partial charge on any atom is -0.273 e. The van der Waals surface area contributed by atoms with Crippen LogP contribution < -0.4 is 0 Å². The van der Waals surface area contributed by atoms with Gasteiger partial charge in [0.05, 0.1) is 18.7 Å². The summed E-state index contributed by atoms with van der Waals surface area (Å²) in [6.07, 6.45) is 0.450. The number of carbonyl (C=O) groups is 1. The normalized spacial score (nSPS) is 15.6. The number of hydrazone groups is 1. The highest BCUT2D eigenvalue weighted by molar-refractivity contribution is 6.30. The molecule has 0 aliphatic carbocycles. The molecule has 1 aromatic rings. The zero-order chi connectivity index (χ0) is 12.4. The molecule has 0 bridgehead atoms. The number of nitrogens with zero attached hydrogens (tertiary/aromatic N) is 2. The third-order valence-corrected chi connectivity index (χ3v) is 3.03. The Hall–Kier alpha value is -1.35. The average Bonchev–Trinajstić information content (AvgIpc) is 2.64. The molecule has 0 atom stereocenters. The Bertz CT molecular complexity index is 451. The maximum atomic E-state index is 11.7. The van der Waals surface area contributed by atoms with Crippen molar-refractivity contribution in [3.63, 3.8) is 0 Å². The van der Waals surface area contributed by atoms with Gasteiger partial charge in [-0.1, -0.05) is 37.6 Å². The Morgan fingerprint density at radius 3 is 2.53 bits per heavy atom. The molecule has 1 aromatic carbocycles. The van der Waals surface area contributed by atoms with Crippen LogP contribution in [0.3, 0.4) is 0 Å². The maximum Gasteiger partial charge on any atom is 0.248 e. The van der Waals surface area contributed by atoms with Crippen molar-refractivity contribution in [2.75, 3.05) is 0 Å². The van der Waals surface area contributed by atoms with Crippen LogP contribution in [0.4, 0.5) is 0 Å². The first-order chi connectivity index (χ1) is 8.06. The third kappa shape index (κ3) is 2.86. The summed E-state index contributed by atoms with van der Waals surface area (Å²) >= 11 is 5.81. The molecule has 3 nitrogen and oxygen atoms in total. The number of hydrogen-bond acceptors (Lipinski definition) is 2. The summed E-state index contributed by atoms with van der Waals surface area (Å²) in [5.41, 5.74) is 2.00. The van der Waals surface area contributed by atoms with E-state index >= 15 is 0 Å². The second-order valence-corrected chi connectivity index (χ2v) is 4.94. The van der Waals surface area contributed by atoms with Crippen LogP contribution >= 0.6 is 11.6 Å². The Kier molecular flexibility index (Phi) is 3.48. The summed E-state index contributed by atoms with van der Waals surface area (Å²) in [5.74, 6) is 0.401. The first-order valence-electron chi connectivity index (χ1n) is 5.68. The molecule has 4 heteroatoms. The first kappa shape index (κ1) is 12.1. The summed E-state index contributed by atoms with van der Waals surface area (Å²) in [6, 6.07) is 7.48. The van der Waals surface area contributed by atoms with Crippen molar-refractivity contribution in [3.8, 4) is 0 Å². The van der Waals surface area contributed by atoms with Gasteiger partial charge in [-0.25, -0.2) is 5.01 Å². The minimum absolute atomic E-state index is 0.0728. The lowest BCUT2D eigenvalue weighted by molar-refractivity contribution is -0.129. The fraction of sp³-hybridized carbons (Fsp3) is 0.385. The second-order valence-electron chi connectivity index (χ2n) is 4.50. The van der Waals surface area contributed by atoms with Crippen LogP contribution in [0.15, 0.2) is 29.4 Å². The van der Waals surface area contributed by atoms with Gasteiger partial charge in [-0.15, -0.1) is 0 Å². The van der Waals surface area contributed by atoms with Crippen LogP contribution in [0.25, 0.3) is 0 Å². The lowest BCUT2D eigenvalue weighted by Gasteiger charge is -2.11. The molecule has 17 heavy (non-hydrogen) atoms. The summed E-state index contributed by atoms with van der Waals surface area (Å²) in [6.45, 7) is 4.63. The number of rotatable bonds is 3. The lowest BCUT2D eigenvalue weighted by Crippen LogP contribution is -2.20. The summed E-state index contributed by atoms with van der Waals surface area (Å²) < 4.78 is 0. The van der Waals surface area contributed by atoms with E-state index < -0.39 is 0 Å².